The summed E-state index contributed by atoms with van der Waals surface area (Å²) in [5.74, 6) is -0.00716. The van der Waals surface area contributed by atoms with E-state index in [0.29, 0.717) is 39.0 Å². The second-order valence-electron chi connectivity index (χ2n) is 7.39. The van der Waals surface area contributed by atoms with Crippen LogP contribution in [0.25, 0.3) is 11.7 Å². The zero-order valence-electron chi connectivity index (χ0n) is 16.1. The van der Waals surface area contributed by atoms with E-state index in [9.17, 15) is 14.6 Å². The Morgan fingerprint density at radius 3 is 2.80 bits per heavy atom. The van der Waals surface area contributed by atoms with E-state index < -0.39 is 0 Å². The van der Waals surface area contributed by atoms with Crippen molar-refractivity contribution in [2.45, 2.75) is 25.8 Å². The van der Waals surface area contributed by atoms with Gasteiger partial charge in [-0.05, 0) is 49.6 Å². The van der Waals surface area contributed by atoms with E-state index in [-0.39, 0.29) is 23.6 Å². The van der Waals surface area contributed by atoms with Gasteiger partial charge in [-0.15, -0.1) is 0 Å². The topological polar surface area (TPSA) is 111 Å². The summed E-state index contributed by atoms with van der Waals surface area (Å²) in [6.45, 7) is 1.70. The summed E-state index contributed by atoms with van der Waals surface area (Å²) in [6, 6.07) is 8.26. The first-order valence-corrected chi connectivity index (χ1v) is 9.55. The lowest BCUT2D eigenvalue weighted by molar-refractivity contribution is 0.425. The van der Waals surface area contributed by atoms with Gasteiger partial charge in [-0.1, -0.05) is 0 Å². The first-order chi connectivity index (χ1) is 14.5. The number of halogens is 1. The molecule has 0 atom stereocenters. The van der Waals surface area contributed by atoms with Gasteiger partial charge < -0.3 is 15.5 Å². The zero-order valence-corrected chi connectivity index (χ0v) is 16.1. The number of aromatic nitrogens is 4. The molecule has 0 aliphatic heterocycles. The van der Waals surface area contributed by atoms with Gasteiger partial charge in [-0.2, -0.15) is 9.61 Å². The summed E-state index contributed by atoms with van der Waals surface area (Å²) in [5, 5.41) is 27.7. The molecule has 1 aromatic carbocycles. The van der Waals surface area contributed by atoms with Crippen LogP contribution in [0.3, 0.4) is 0 Å². The van der Waals surface area contributed by atoms with Crippen LogP contribution in [0.15, 0.2) is 41.5 Å². The van der Waals surface area contributed by atoms with Crippen LogP contribution in [0.2, 0.25) is 0 Å². The van der Waals surface area contributed by atoms with Crippen molar-refractivity contribution in [3.05, 3.63) is 64.2 Å². The predicted molar refractivity (Wildman–Crippen MR) is 109 cm³/mol. The Labute approximate surface area is 170 Å². The molecule has 0 amide bonds. The van der Waals surface area contributed by atoms with Crippen molar-refractivity contribution in [3.63, 3.8) is 0 Å². The number of nitrogens with one attached hydrogen (secondary N) is 2. The average Bonchev–Trinajstić information content (AvgIpc) is 3.34. The number of hydrogen-bond donors (Lipinski definition) is 4. The summed E-state index contributed by atoms with van der Waals surface area (Å²) >= 11 is 0. The van der Waals surface area contributed by atoms with Crippen LogP contribution in [-0.4, -0.2) is 35.8 Å². The number of aromatic hydroxyl groups is 2. The molecular weight excluding hydrogens is 387 g/mol. The van der Waals surface area contributed by atoms with E-state index in [1.54, 1.807) is 41.9 Å². The standard InChI is InChI=1S/C21H19FN6O2/c1-11-6-15(4-5-16(11)22)24-17-9-18(25-14-2-3-14)28-20(26-17)13(10-23-28)7-12-8-19(29)27-21(12)30/h4-10,14,24,27,29-30H,2-3H2,1H3. The number of rotatable bonds is 4. The molecule has 0 spiro atoms. The molecule has 0 saturated heterocycles. The maximum atomic E-state index is 13.6. The number of aromatic amines is 1. The second-order valence-corrected chi connectivity index (χ2v) is 7.39. The van der Waals surface area contributed by atoms with Crippen molar-refractivity contribution < 1.29 is 14.6 Å². The van der Waals surface area contributed by atoms with Crippen molar-refractivity contribution in [3.8, 4) is 11.8 Å². The van der Waals surface area contributed by atoms with Crippen LogP contribution in [0, 0.1) is 12.7 Å². The van der Waals surface area contributed by atoms with Gasteiger partial charge in [0.1, 0.15) is 11.6 Å². The van der Waals surface area contributed by atoms with Gasteiger partial charge in [-0.25, -0.2) is 9.37 Å². The van der Waals surface area contributed by atoms with E-state index in [1.165, 1.54) is 12.1 Å². The fourth-order valence-electron chi connectivity index (χ4n) is 3.21. The van der Waals surface area contributed by atoms with Gasteiger partial charge >= 0.3 is 0 Å². The van der Waals surface area contributed by atoms with Gasteiger partial charge in [0.25, 0.3) is 0 Å². The molecule has 1 saturated carbocycles. The minimum absolute atomic E-state index is 0.137. The van der Waals surface area contributed by atoms with Crippen LogP contribution in [0.5, 0.6) is 11.8 Å². The number of anilines is 2. The number of H-pyrrole nitrogens is 1. The fourth-order valence-corrected chi connectivity index (χ4v) is 3.21. The highest BCUT2D eigenvalue weighted by molar-refractivity contribution is 5.63. The average molecular weight is 406 g/mol. The Kier molecular flexibility index (Phi) is 4.16. The van der Waals surface area contributed by atoms with Crippen molar-refractivity contribution in [2.75, 3.05) is 5.32 Å². The van der Waals surface area contributed by atoms with E-state index >= 15 is 0 Å². The monoisotopic (exact) mass is 406 g/mol. The summed E-state index contributed by atoms with van der Waals surface area (Å²) < 4.78 is 15.2. The molecule has 1 fully saturated rings. The lowest BCUT2D eigenvalue weighted by Gasteiger charge is -2.08. The Hall–Kier alpha value is -3.88. The molecule has 0 radical (unpaired) electrons. The first-order valence-electron chi connectivity index (χ1n) is 9.55. The smallest absolute Gasteiger partial charge is 0.198 e. The molecule has 1 aliphatic rings. The highest BCUT2D eigenvalue weighted by Gasteiger charge is 2.20. The first kappa shape index (κ1) is 18.2. The maximum absolute atomic E-state index is 13.6. The normalized spacial score (nSPS) is 15.3. The second kappa shape index (κ2) is 6.87. The van der Waals surface area contributed by atoms with Gasteiger partial charge in [0.2, 0.25) is 0 Å². The van der Waals surface area contributed by atoms with Crippen LogP contribution in [0.4, 0.5) is 15.9 Å². The third kappa shape index (κ3) is 3.45. The SMILES string of the molecule is Cc1cc(Nc2cc(=NC3CC3)n3ncc(=Cc4cc(O)[nH]c4O)c3n2)ccc1F. The Morgan fingerprint density at radius 1 is 1.27 bits per heavy atom. The van der Waals surface area contributed by atoms with Crippen LogP contribution < -0.4 is 16.0 Å². The van der Waals surface area contributed by atoms with Gasteiger partial charge in [0.05, 0.1) is 12.2 Å². The summed E-state index contributed by atoms with van der Waals surface area (Å²) in [7, 11) is 0. The van der Waals surface area contributed by atoms with Crippen LogP contribution in [-0.2, 0) is 0 Å². The van der Waals surface area contributed by atoms with E-state index in [4.69, 9.17) is 4.99 Å². The van der Waals surface area contributed by atoms with Crippen molar-refractivity contribution >= 4 is 23.2 Å². The zero-order chi connectivity index (χ0) is 20.8. The molecule has 4 aromatic rings. The molecule has 3 aromatic heterocycles. The molecule has 0 unspecified atom stereocenters. The van der Waals surface area contributed by atoms with Gasteiger partial charge in [-0.3, -0.25) is 9.98 Å². The molecule has 4 N–H and O–H groups in total. The lowest BCUT2D eigenvalue weighted by atomic mass is 10.2. The molecule has 152 valence electrons. The minimum Gasteiger partial charge on any atom is -0.494 e. The van der Waals surface area contributed by atoms with E-state index in [2.05, 4.69) is 20.4 Å². The molecule has 0 bridgehead atoms. The molecular formula is C21H19FN6O2. The number of nitrogens with zero attached hydrogens (tertiary/aromatic N) is 4. The molecule has 5 rings (SSSR count). The van der Waals surface area contributed by atoms with Gasteiger partial charge in [0.15, 0.2) is 22.9 Å². The molecule has 9 heteroatoms. The highest BCUT2D eigenvalue weighted by atomic mass is 19.1. The van der Waals surface area contributed by atoms with Crippen molar-refractivity contribution in [2.24, 2.45) is 4.99 Å². The molecule has 30 heavy (non-hydrogen) atoms. The highest BCUT2D eigenvalue weighted by Crippen LogP contribution is 2.23. The minimum atomic E-state index is -0.268. The molecule has 1 aliphatic carbocycles. The quantitative estimate of drug-likeness (QED) is 0.416. The van der Waals surface area contributed by atoms with Crippen LogP contribution in [0.1, 0.15) is 24.0 Å². The number of hydrogen-bond acceptors (Lipinski definition) is 6. The van der Waals surface area contributed by atoms with Crippen molar-refractivity contribution in [1.82, 2.24) is 19.6 Å². The third-order valence-corrected chi connectivity index (χ3v) is 4.90. The van der Waals surface area contributed by atoms with Gasteiger partial charge in [0, 0.05) is 28.6 Å². The Bertz CT molecular complexity index is 1390. The molecule has 3 heterocycles. The lowest BCUT2D eigenvalue weighted by Crippen LogP contribution is -2.19. The predicted octanol–water partition coefficient (Wildman–Crippen LogP) is 2.27. The number of benzene rings is 1. The molecule has 8 nitrogen and oxygen atoms in total. The fraction of sp³-hybridized carbons (Fsp3) is 0.190. The summed E-state index contributed by atoms with van der Waals surface area (Å²) in [5.41, 5.74) is 2.85. The van der Waals surface area contributed by atoms with E-state index in [0.717, 1.165) is 12.8 Å². The summed E-state index contributed by atoms with van der Waals surface area (Å²) in [6.07, 6.45) is 5.39. The Balaban J connectivity index is 1.66. The Morgan fingerprint density at radius 2 is 2.10 bits per heavy atom. The van der Waals surface area contributed by atoms with Crippen molar-refractivity contribution in [1.29, 1.82) is 0 Å². The number of aryl methyl sites for hydroxylation is 1. The maximum Gasteiger partial charge on any atom is 0.198 e. The third-order valence-electron chi connectivity index (χ3n) is 4.90. The number of fused-ring (bicyclic) bond motifs is 1. The summed E-state index contributed by atoms with van der Waals surface area (Å²) in [4.78, 5) is 11.8. The largest absolute Gasteiger partial charge is 0.494 e. The van der Waals surface area contributed by atoms with E-state index in [1.807, 2.05) is 0 Å². The van der Waals surface area contributed by atoms with Crippen LogP contribution >= 0.6 is 0 Å².